The molecule has 0 aromatic carbocycles. The van der Waals surface area contributed by atoms with Gasteiger partial charge in [-0.15, -0.1) is 5.10 Å². The second kappa shape index (κ2) is 5.57. The van der Waals surface area contributed by atoms with Gasteiger partial charge >= 0.3 is 0 Å². The van der Waals surface area contributed by atoms with Crippen LogP contribution in [0.25, 0.3) is 0 Å². The predicted octanol–water partition coefficient (Wildman–Crippen LogP) is -0.104. The lowest BCUT2D eigenvalue weighted by Gasteiger charge is -2.23. The lowest BCUT2D eigenvalue weighted by atomic mass is 10.0. The van der Waals surface area contributed by atoms with Gasteiger partial charge in [0.1, 0.15) is 0 Å². The molecule has 0 radical (unpaired) electrons. The molecule has 3 N–H and O–H groups in total. The van der Waals surface area contributed by atoms with E-state index in [1.165, 1.54) is 6.42 Å². The average molecular weight is 239 g/mol. The van der Waals surface area contributed by atoms with Crippen LogP contribution in [0.5, 0.6) is 0 Å². The van der Waals surface area contributed by atoms with Gasteiger partial charge in [-0.1, -0.05) is 5.21 Å². The highest BCUT2D eigenvalue weighted by atomic mass is 16.5. The molecule has 1 atom stereocenters. The molecule has 1 fully saturated rings. The molecule has 96 valence electrons. The zero-order valence-electron chi connectivity index (χ0n) is 10.4. The van der Waals surface area contributed by atoms with E-state index in [4.69, 9.17) is 10.5 Å². The lowest BCUT2D eigenvalue weighted by Crippen LogP contribution is -2.38. The largest absolute Gasteiger partial charge is 0.374 e. The van der Waals surface area contributed by atoms with E-state index in [1.54, 1.807) is 0 Å². The maximum atomic E-state index is 5.70. The van der Waals surface area contributed by atoms with Crippen molar-refractivity contribution in [1.29, 1.82) is 0 Å². The SMILES string of the molecule is CC1(CNCCn2cc(CN)nn2)CCCO1. The predicted molar refractivity (Wildman–Crippen MR) is 64.4 cm³/mol. The van der Waals surface area contributed by atoms with Crippen LogP contribution in [0.2, 0.25) is 0 Å². The molecule has 17 heavy (non-hydrogen) atoms. The van der Waals surface area contributed by atoms with Crippen molar-refractivity contribution < 1.29 is 4.74 Å². The molecule has 1 saturated heterocycles. The van der Waals surface area contributed by atoms with E-state index in [9.17, 15) is 0 Å². The van der Waals surface area contributed by atoms with Gasteiger partial charge in [0.15, 0.2) is 0 Å². The standard InChI is InChI=1S/C11H21N5O/c1-11(3-2-6-17-11)9-13-4-5-16-8-10(7-12)14-15-16/h8,13H,2-7,9,12H2,1H3. The van der Waals surface area contributed by atoms with E-state index in [0.717, 1.165) is 38.4 Å². The molecule has 1 aromatic heterocycles. The smallest absolute Gasteiger partial charge is 0.0962 e. The molecule has 2 heterocycles. The molecule has 6 heteroatoms. The Morgan fingerprint density at radius 1 is 1.65 bits per heavy atom. The number of hydrogen-bond acceptors (Lipinski definition) is 5. The highest BCUT2D eigenvalue weighted by molar-refractivity contribution is 4.90. The van der Waals surface area contributed by atoms with Crippen molar-refractivity contribution in [1.82, 2.24) is 20.3 Å². The van der Waals surface area contributed by atoms with Crippen molar-refractivity contribution in [2.24, 2.45) is 5.73 Å². The summed E-state index contributed by atoms with van der Waals surface area (Å²) in [6.07, 6.45) is 4.19. The molecular formula is C11H21N5O. The van der Waals surface area contributed by atoms with E-state index < -0.39 is 0 Å². The van der Waals surface area contributed by atoms with Gasteiger partial charge in [0.05, 0.1) is 17.8 Å². The van der Waals surface area contributed by atoms with Gasteiger partial charge in [-0.3, -0.25) is 4.68 Å². The van der Waals surface area contributed by atoms with Gasteiger partial charge in [-0.25, -0.2) is 0 Å². The van der Waals surface area contributed by atoms with Crippen LogP contribution in [-0.2, 0) is 17.8 Å². The monoisotopic (exact) mass is 239 g/mol. The van der Waals surface area contributed by atoms with Gasteiger partial charge in [0.25, 0.3) is 0 Å². The average Bonchev–Trinajstić information content (AvgIpc) is 2.94. The quantitative estimate of drug-likeness (QED) is 0.678. The Morgan fingerprint density at radius 2 is 2.53 bits per heavy atom. The first-order valence-electron chi connectivity index (χ1n) is 6.16. The number of nitrogens with one attached hydrogen (secondary N) is 1. The summed E-state index contributed by atoms with van der Waals surface area (Å²) in [5, 5.41) is 11.3. The van der Waals surface area contributed by atoms with E-state index in [-0.39, 0.29) is 5.60 Å². The van der Waals surface area contributed by atoms with Gasteiger partial charge in [-0.2, -0.15) is 0 Å². The lowest BCUT2D eigenvalue weighted by molar-refractivity contribution is 0.0209. The van der Waals surface area contributed by atoms with Crippen molar-refractivity contribution >= 4 is 0 Å². The summed E-state index contributed by atoms with van der Waals surface area (Å²) in [5.41, 5.74) is 6.32. The van der Waals surface area contributed by atoms with Crippen LogP contribution in [-0.4, -0.2) is 40.3 Å². The fourth-order valence-corrected chi connectivity index (χ4v) is 2.06. The molecule has 0 saturated carbocycles. The first-order valence-corrected chi connectivity index (χ1v) is 6.16. The van der Waals surface area contributed by atoms with Crippen molar-refractivity contribution in [2.45, 2.75) is 38.5 Å². The fraction of sp³-hybridized carbons (Fsp3) is 0.818. The topological polar surface area (TPSA) is 78.0 Å². The molecule has 0 aliphatic carbocycles. The molecule has 2 rings (SSSR count). The minimum atomic E-state index is 0.0186. The third-order valence-electron chi connectivity index (χ3n) is 3.11. The summed E-state index contributed by atoms with van der Waals surface area (Å²) < 4.78 is 7.51. The normalized spacial score (nSPS) is 24.4. The van der Waals surface area contributed by atoms with Crippen LogP contribution in [0, 0.1) is 0 Å². The molecule has 0 bridgehead atoms. The second-order valence-electron chi connectivity index (χ2n) is 4.76. The number of aromatic nitrogens is 3. The Balaban J connectivity index is 1.65. The number of nitrogens with zero attached hydrogens (tertiary/aromatic N) is 3. The van der Waals surface area contributed by atoms with Crippen LogP contribution in [0.4, 0.5) is 0 Å². The minimum absolute atomic E-state index is 0.0186. The number of rotatable bonds is 6. The van der Waals surface area contributed by atoms with Crippen molar-refractivity contribution in [3.05, 3.63) is 11.9 Å². The number of ether oxygens (including phenoxy) is 1. The third kappa shape index (κ3) is 3.49. The molecule has 1 aliphatic rings. The maximum absolute atomic E-state index is 5.70. The summed E-state index contributed by atoms with van der Waals surface area (Å²) >= 11 is 0. The molecular weight excluding hydrogens is 218 g/mol. The van der Waals surface area contributed by atoms with Crippen LogP contribution in [0.1, 0.15) is 25.5 Å². The van der Waals surface area contributed by atoms with Gasteiger partial charge in [0, 0.05) is 32.4 Å². The van der Waals surface area contributed by atoms with E-state index in [0.29, 0.717) is 6.54 Å². The first kappa shape index (κ1) is 12.5. The van der Waals surface area contributed by atoms with Crippen LogP contribution in [0.15, 0.2) is 6.20 Å². The number of nitrogens with two attached hydrogens (primary N) is 1. The zero-order valence-corrected chi connectivity index (χ0v) is 10.4. The summed E-state index contributed by atoms with van der Waals surface area (Å²) in [6, 6.07) is 0. The first-order chi connectivity index (χ1) is 8.22. The van der Waals surface area contributed by atoms with Crippen molar-refractivity contribution in [3.63, 3.8) is 0 Å². The fourth-order valence-electron chi connectivity index (χ4n) is 2.06. The minimum Gasteiger partial charge on any atom is -0.374 e. The van der Waals surface area contributed by atoms with Gasteiger partial charge < -0.3 is 15.8 Å². The van der Waals surface area contributed by atoms with Crippen LogP contribution >= 0.6 is 0 Å². The van der Waals surface area contributed by atoms with Crippen LogP contribution in [0.3, 0.4) is 0 Å². The Kier molecular flexibility index (Phi) is 4.09. The summed E-state index contributed by atoms with van der Waals surface area (Å²) in [5.74, 6) is 0. The van der Waals surface area contributed by atoms with Crippen molar-refractivity contribution in [2.75, 3.05) is 19.7 Å². The second-order valence-corrected chi connectivity index (χ2v) is 4.76. The van der Waals surface area contributed by atoms with Crippen molar-refractivity contribution in [3.8, 4) is 0 Å². The Labute approximate surface area is 102 Å². The summed E-state index contributed by atoms with van der Waals surface area (Å²) in [7, 11) is 0. The van der Waals surface area contributed by atoms with E-state index >= 15 is 0 Å². The zero-order chi connectivity index (χ0) is 12.1. The van der Waals surface area contributed by atoms with Gasteiger partial charge in [0.2, 0.25) is 0 Å². The Morgan fingerprint density at radius 3 is 3.18 bits per heavy atom. The molecule has 1 aliphatic heterocycles. The van der Waals surface area contributed by atoms with E-state index in [2.05, 4.69) is 22.6 Å². The highest BCUT2D eigenvalue weighted by Gasteiger charge is 2.28. The summed E-state index contributed by atoms with van der Waals surface area (Å²) in [6.45, 7) is 6.07. The molecule has 0 spiro atoms. The molecule has 1 aromatic rings. The molecule has 1 unspecified atom stereocenters. The summed E-state index contributed by atoms with van der Waals surface area (Å²) in [4.78, 5) is 0. The third-order valence-corrected chi connectivity index (χ3v) is 3.11. The van der Waals surface area contributed by atoms with E-state index in [1.807, 2.05) is 10.9 Å². The Hall–Kier alpha value is -0.980. The van der Waals surface area contributed by atoms with Gasteiger partial charge in [-0.05, 0) is 19.8 Å². The molecule has 6 nitrogen and oxygen atoms in total. The molecule has 0 amide bonds. The maximum Gasteiger partial charge on any atom is 0.0962 e. The van der Waals surface area contributed by atoms with Crippen LogP contribution < -0.4 is 11.1 Å². The highest BCUT2D eigenvalue weighted by Crippen LogP contribution is 2.23. The number of hydrogen-bond donors (Lipinski definition) is 2. The Bertz CT molecular complexity index is 345.